The summed E-state index contributed by atoms with van der Waals surface area (Å²) >= 11 is 14.0. The highest BCUT2D eigenvalue weighted by Crippen LogP contribution is 2.38. The summed E-state index contributed by atoms with van der Waals surface area (Å²) in [5.41, 5.74) is 6.05. The molecule has 0 aliphatic carbocycles. The fourth-order valence-electron chi connectivity index (χ4n) is 5.76. The van der Waals surface area contributed by atoms with Gasteiger partial charge in [0.05, 0.1) is 0 Å². The number of aromatic nitrogens is 2. The van der Waals surface area contributed by atoms with Gasteiger partial charge in [0.1, 0.15) is 12.8 Å². The van der Waals surface area contributed by atoms with Crippen LogP contribution in [0.5, 0.6) is 0 Å². The van der Waals surface area contributed by atoms with Gasteiger partial charge in [-0.25, -0.2) is 0 Å². The maximum atomic E-state index is 13.0. The van der Waals surface area contributed by atoms with Crippen molar-refractivity contribution in [1.82, 2.24) is 0 Å². The molecule has 2 amide bonds. The minimum absolute atomic E-state index is 0.279. The molecule has 4 aromatic rings. The number of halogens is 2. The smallest absolute Gasteiger partial charge is 0.292 e. The molecule has 0 spiro atoms. The van der Waals surface area contributed by atoms with E-state index in [2.05, 4.69) is 10.6 Å². The summed E-state index contributed by atoms with van der Waals surface area (Å²) in [5.74, 6) is -3.04. The number of carbonyl (C=O) groups is 4. The van der Waals surface area contributed by atoms with Crippen LogP contribution in [-0.4, -0.2) is 33.8 Å². The topological polar surface area (TPSA) is 141 Å². The summed E-state index contributed by atoms with van der Waals surface area (Å²) in [6.45, 7) is 7.70. The lowest BCUT2D eigenvalue weighted by Gasteiger charge is -2.21. The van der Waals surface area contributed by atoms with Crippen molar-refractivity contribution >= 4 is 58.0 Å². The van der Waals surface area contributed by atoms with E-state index in [1.807, 2.05) is 39.8 Å². The van der Waals surface area contributed by atoms with Crippen molar-refractivity contribution in [3.8, 4) is 0 Å². The second kappa shape index (κ2) is 16.5. The number of Topliss-reactive ketones (excluding diaryl/α,β-unsaturated/α-hetero) is 2. The molecule has 4 rings (SSSR count). The zero-order valence-corrected chi connectivity index (χ0v) is 29.4. The lowest BCUT2D eigenvalue weighted by Crippen LogP contribution is -2.37. The Labute approximate surface area is 295 Å². The van der Waals surface area contributed by atoms with Gasteiger partial charge in [-0.05, 0) is 71.2 Å². The quantitative estimate of drug-likeness (QED) is 0.0788. The molecule has 0 aliphatic heterocycles. The molecule has 0 aliphatic rings. The van der Waals surface area contributed by atoms with Gasteiger partial charge in [0, 0.05) is 61.6 Å². The van der Waals surface area contributed by atoms with Crippen molar-refractivity contribution in [3.05, 3.63) is 116 Å². The van der Waals surface area contributed by atoms with E-state index in [0.29, 0.717) is 64.7 Å². The summed E-state index contributed by atoms with van der Waals surface area (Å²) in [6.07, 6.45) is 4.60. The van der Waals surface area contributed by atoms with Crippen LogP contribution in [0.25, 0.3) is 0 Å². The predicted octanol–water partition coefficient (Wildman–Crippen LogP) is 5.38. The summed E-state index contributed by atoms with van der Waals surface area (Å²) < 4.78 is 1.62. The lowest BCUT2D eigenvalue weighted by molar-refractivity contribution is -0.909. The van der Waals surface area contributed by atoms with Gasteiger partial charge in [0.25, 0.3) is 11.8 Å². The van der Waals surface area contributed by atoms with E-state index in [4.69, 9.17) is 23.2 Å². The van der Waals surface area contributed by atoms with Gasteiger partial charge >= 0.3 is 0 Å². The molecule has 256 valence electrons. The standard InChI is InChI=1S/C37H38Cl2N4O6/c1-5-22-17-24(32(38)28(7-3)34(22)40-36(46)30(44)20-26-13-9-11-15-42(26)48)19-25-18-23(6-2)35(29(8-4)33(25)39)41-37(47)31(45)21-27-14-10-12-16-43(27)49/h9-18H,5-8,19-21H2,1-4H3,(H2-2,40,41,46,47,48,49)/p+2. The average Bonchev–Trinajstić information content (AvgIpc) is 3.09. The number of aryl methyl sites for hydroxylation is 2. The second-order valence-electron chi connectivity index (χ2n) is 11.5. The lowest BCUT2D eigenvalue weighted by atomic mass is 9.92. The van der Waals surface area contributed by atoms with Crippen LogP contribution in [0.4, 0.5) is 11.4 Å². The van der Waals surface area contributed by atoms with Crippen LogP contribution in [0, 0.1) is 0 Å². The number of hydrogen-bond donors (Lipinski definition) is 4. The number of hydrogen-bond acceptors (Lipinski definition) is 6. The molecule has 2 heterocycles. The molecular weight excluding hydrogens is 667 g/mol. The number of amides is 2. The van der Waals surface area contributed by atoms with Gasteiger partial charge < -0.3 is 10.6 Å². The van der Waals surface area contributed by atoms with E-state index in [0.717, 1.165) is 31.7 Å². The number of anilines is 2. The number of benzene rings is 2. The average molecular weight is 708 g/mol. The Morgan fingerprint density at radius 3 is 1.33 bits per heavy atom. The molecule has 0 atom stereocenters. The first-order valence-corrected chi connectivity index (χ1v) is 16.9. The predicted molar refractivity (Wildman–Crippen MR) is 186 cm³/mol. The highest BCUT2D eigenvalue weighted by molar-refractivity contribution is 6.42. The summed E-state index contributed by atoms with van der Waals surface area (Å²) in [4.78, 5) is 51.7. The number of nitrogens with one attached hydrogen (secondary N) is 2. The molecule has 2 aromatic carbocycles. The normalized spacial score (nSPS) is 10.9. The van der Waals surface area contributed by atoms with Crippen LogP contribution >= 0.6 is 23.2 Å². The fraction of sp³-hybridized carbons (Fsp3) is 0.297. The first-order chi connectivity index (χ1) is 23.4. The molecule has 4 N–H and O–H groups in total. The number of rotatable bonds is 14. The van der Waals surface area contributed by atoms with E-state index >= 15 is 0 Å². The second-order valence-corrected chi connectivity index (χ2v) is 12.3. The van der Waals surface area contributed by atoms with Gasteiger partial charge in [-0.1, -0.05) is 63.0 Å². The third-order valence-corrected chi connectivity index (χ3v) is 9.34. The highest BCUT2D eigenvalue weighted by Gasteiger charge is 2.26. The number of ketones is 2. The monoisotopic (exact) mass is 706 g/mol. The Morgan fingerprint density at radius 1 is 0.612 bits per heavy atom. The molecule has 0 bridgehead atoms. The fourth-order valence-corrected chi connectivity index (χ4v) is 6.46. The summed E-state index contributed by atoms with van der Waals surface area (Å²) in [7, 11) is 0. The Bertz CT molecular complexity index is 1790. The van der Waals surface area contributed by atoms with Crippen LogP contribution in [0.2, 0.25) is 10.0 Å². The molecule has 0 radical (unpaired) electrons. The van der Waals surface area contributed by atoms with E-state index in [1.54, 1.807) is 36.4 Å². The first kappa shape index (κ1) is 37.0. The Hall–Kier alpha value is -4.80. The van der Waals surface area contributed by atoms with Crippen molar-refractivity contribution in [1.29, 1.82) is 0 Å². The molecule has 0 saturated carbocycles. The molecule has 10 nitrogen and oxygen atoms in total. The molecule has 12 heteroatoms. The molecule has 0 fully saturated rings. The molecule has 2 aromatic heterocycles. The number of carbonyl (C=O) groups excluding carboxylic acids is 4. The van der Waals surface area contributed by atoms with E-state index in [9.17, 15) is 29.6 Å². The number of pyridine rings is 2. The van der Waals surface area contributed by atoms with Crippen molar-refractivity contribution in [3.63, 3.8) is 0 Å². The van der Waals surface area contributed by atoms with Crippen LogP contribution in [-0.2, 0) is 64.1 Å². The zero-order chi connectivity index (χ0) is 35.8. The van der Waals surface area contributed by atoms with Gasteiger partial charge in [0.2, 0.25) is 35.3 Å². The molecule has 49 heavy (non-hydrogen) atoms. The third kappa shape index (κ3) is 8.44. The SMILES string of the molecule is CCc1cc(Cc2cc(CC)c(NC(=O)C(=O)Cc3cccc[n+]3O)c(CC)c2Cl)c(Cl)c(CC)c1NC(=O)C(=O)Cc1cccc[n+]1O. The minimum Gasteiger partial charge on any atom is -0.319 e. The van der Waals surface area contributed by atoms with Crippen LogP contribution < -0.4 is 20.1 Å². The van der Waals surface area contributed by atoms with Crippen molar-refractivity contribution in [2.45, 2.75) is 72.6 Å². The van der Waals surface area contributed by atoms with Gasteiger partial charge in [-0.15, -0.1) is 0 Å². The molecule has 0 unspecified atom stereocenters. The number of nitrogens with zero attached hydrogens (tertiary/aromatic N) is 2. The minimum atomic E-state index is -0.810. The van der Waals surface area contributed by atoms with Gasteiger partial charge in [-0.3, -0.25) is 29.6 Å². The van der Waals surface area contributed by atoms with Gasteiger partial charge in [-0.2, -0.15) is 0 Å². The van der Waals surface area contributed by atoms with Crippen molar-refractivity contribution in [2.75, 3.05) is 10.6 Å². The first-order valence-electron chi connectivity index (χ1n) is 16.2. The highest BCUT2D eigenvalue weighted by atomic mass is 35.5. The maximum Gasteiger partial charge on any atom is 0.292 e. The Balaban J connectivity index is 1.62. The Morgan fingerprint density at radius 2 is 1.00 bits per heavy atom. The third-order valence-electron chi connectivity index (χ3n) is 8.40. The van der Waals surface area contributed by atoms with Crippen LogP contribution in [0.3, 0.4) is 0 Å². The van der Waals surface area contributed by atoms with E-state index in [-0.39, 0.29) is 24.2 Å². The van der Waals surface area contributed by atoms with Gasteiger partial charge in [0.15, 0.2) is 0 Å². The Kier molecular flexibility index (Phi) is 12.5. The molecule has 0 saturated heterocycles. The largest absolute Gasteiger partial charge is 0.319 e. The van der Waals surface area contributed by atoms with Crippen molar-refractivity contribution < 1.29 is 39.1 Å². The maximum absolute atomic E-state index is 13.0. The molecular formula is C37H40Cl2N4O6+2. The van der Waals surface area contributed by atoms with Crippen LogP contribution in [0.1, 0.15) is 72.5 Å². The summed E-state index contributed by atoms with van der Waals surface area (Å²) in [6, 6.07) is 13.5. The van der Waals surface area contributed by atoms with E-state index < -0.39 is 23.4 Å². The summed E-state index contributed by atoms with van der Waals surface area (Å²) in [5, 5.41) is 26.4. The van der Waals surface area contributed by atoms with E-state index in [1.165, 1.54) is 12.4 Å². The van der Waals surface area contributed by atoms with Crippen molar-refractivity contribution in [2.24, 2.45) is 0 Å². The zero-order valence-electron chi connectivity index (χ0n) is 27.9. The van der Waals surface area contributed by atoms with Crippen LogP contribution in [0.15, 0.2) is 60.9 Å².